The first-order valence-corrected chi connectivity index (χ1v) is 10.4. The van der Waals surface area contributed by atoms with Crippen LogP contribution in [0.15, 0.2) is 48.5 Å². The van der Waals surface area contributed by atoms with E-state index < -0.39 is 0 Å². The molecule has 4 nitrogen and oxygen atoms in total. The number of hydrogen-bond donors (Lipinski definition) is 2. The van der Waals surface area contributed by atoms with Gasteiger partial charge in [0.25, 0.3) is 0 Å². The monoisotopic (exact) mass is 390 g/mol. The van der Waals surface area contributed by atoms with Gasteiger partial charge in [-0.15, -0.1) is 0 Å². The van der Waals surface area contributed by atoms with Gasteiger partial charge in [0.2, 0.25) is 0 Å². The third-order valence-electron chi connectivity index (χ3n) is 5.72. The zero-order valence-corrected chi connectivity index (χ0v) is 16.5. The van der Waals surface area contributed by atoms with Gasteiger partial charge in [-0.3, -0.25) is 0 Å². The summed E-state index contributed by atoms with van der Waals surface area (Å²) in [6, 6.07) is 14.7. The maximum atomic E-state index is 13.9. The number of nitrogens with zero attached hydrogens (tertiary/aromatic N) is 2. The molecule has 5 heteroatoms. The Morgan fingerprint density at radius 2 is 1.79 bits per heavy atom. The van der Waals surface area contributed by atoms with E-state index in [1.54, 1.807) is 24.3 Å². The van der Waals surface area contributed by atoms with Crippen molar-refractivity contribution in [2.75, 3.05) is 18.4 Å². The molecular formula is C24H27FN4. The highest BCUT2D eigenvalue weighted by Gasteiger charge is 2.21. The molecule has 1 aromatic heterocycles. The van der Waals surface area contributed by atoms with Crippen molar-refractivity contribution in [2.24, 2.45) is 17.6 Å². The van der Waals surface area contributed by atoms with Crippen LogP contribution in [-0.4, -0.2) is 23.1 Å². The molecule has 150 valence electrons. The van der Waals surface area contributed by atoms with Crippen LogP contribution in [-0.2, 0) is 0 Å². The first kappa shape index (κ1) is 19.5. The highest BCUT2D eigenvalue weighted by atomic mass is 19.1. The molecule has 0 aliphatic heterocycles. The van der Waals surface area contributed by atoms with Crippen molar-refractivity contribution >= 4 is 28.9 Å². The van der Waals surface area contributed by atoms with Gasteiger partial charge in [0, 0.05) is 17.5 Å². The first-order valence-electron chi connectivity index (χ1n) is 10.4. The van der Waals surface area contributed by atoms with Gasteiger partial charge in [0.1, 0.15) is 11.6 Å². The van der Waals surface area contributed by atoms with Crippen molar-refractivity contribution in [3.8, 4) is 0 Å². The van der Waals surface area contributed by atoms with Gasteiger partial charge in [-0.1, -0.05) is 36.8 Å². The molecule has 2 atom stereocenters. The second-order valence-corrected chi connectivity index (χ2v) is 7.82. The minimum absolute atomic E-state index is 0.255. The second kappa shape index (κ2) is 9.14. The quantitative estimate of drug-likeness (QED) is 0.613. The molecule has 1 fully saturated rings. The smallest absolute Gasteiger partial charge is 0.154 e. The van der Waals surface area contributed by atoms with Gasteiger partial charge in [-0.2, -0.15) is 0 Å². The zero-order chi connectivity index (χ0) is 20.1. The van der Waals surface area contributed by atoms with Crippen molar-refractivity contribution < 1.29 is 4.39 Å². The summed E-state index contributed by atoms with van der Waals surface area (Å²) < 4.78 is 13.9. The first-order chi connectivity index (χ1) is 14.2. The SMILES string of the molecule is NCC1CCCC(CNc2nc(C=Cc3ccccc3F)nc3ccccc23)C1. The molecule has 2 aromatic carbocycles. The van der Waals surface area contributed by atoms with E-state index in [2.05, 4.69) is 10.3 Å². The lowest BCUT2D eigenvalue weighted by atomic mass is 9.81. The molecule has 1 aliphatic carbocycles. The van der Waals surface area contributed by atoms with E-state index in [9.17, 15) is 4.39 Å². The number of fused-ring (bicyclic) bond motifs is 1. The van der Waals surface area contributed by atoms with Crippen LogP contribution >= 0.6 is 0 Å². The van der Waals surface area contributed by atoms with E-state index in [-0.39, 0.29) is 5.82 Å². The number of halogens is 1. The van der Waals surface area contributed by atoms with Crippen molar-refractivity contribution in [3.05, 3.63) is 65.7 Å². The summed E-state index contributed by atoms with van der Waals surface area (Å²) in [4.78, 5) is 9.34. The normalized spacial score (nSPS) is 19.7. The van der Waals surface area contributed by atoms with Crippen LogP contribution in [0.4, 0.5) is 10.2 Å². The Morgan fingerprint density at radius 1 is 1.00 bits per heavy atom. The Morgan fingerprint density at radius 3 is 2.66 bits per heavy atom. The third kappa shape index (κ3) is 4.80. The number of hydrogen-bond acceptors (Lipinski definition) is 4. The van der Waals surface area contributed by atoms with Crippen LogP contribution in [0.25, 0.3) is 23.1 Å². The molecule has 29 heavy (non-hydrogen) atoms. The number of nitrogens with two attached hydrogens (primary N) is 1. The zero-order valence-electron chi connectivity index (χ0n) is 16.5. The number of aromatic nitrogens is 2. The second-order valence-electron chi connectivity index (χ2n) is 7.82. The minimum Gasteiger partial charge on any atom is -0.369 e. The van der Waals surface area contributed by atoms with Crippen LogP contribution in [0.1, 0.15) is 37.1 Å². The summed E-state index contributed by atoms with van der Waals surface area (Å²) in [5.74, 6) is 2.40. The maximum Gasteiger partial charge on any atom is 0.154 e. The largest absolute Gasteiger partial charge is 0.369 e. The Bertz CT molecular complexity index is 1000. The number of para-hydroxylation sites is 1. The molecule has 3 aromatic rings. The molecule has 0 amide bonds. The van der Waals surface area contributed by atoms with Crippen LogP contribution < -0.4 is 11.1 Å². The molecule has 0 spiro atoms. The summed E-state index contributed by atoms with van der Waals surface area (Å²) in [7, 11) is 0. The van der Waals surface area contributed by atoms with Gasteiger partial charge in [0.15, 0.2) is 5.82 Å². The van der Waals surface area contributed by atoms with Crippen molar-refractivity contribution in [3.63, 3.8) is 0 Å². The molecule has 1 heterocycles. The van der Waals surface area contributed by atoms with E-state index >= 15 is 0 Å². The Balaban J connectivity index is 1.57. The van der Waals surface area contributed by atoms with E-state index in [4.69, 9.17) is 10.7 Å². The lowest BCUT2D eigenvalue weighted by Gasteiger charge is -2.28. The summed E-state index contributed by atoms with van der Waals surface area (Å²) in [6.07, 6.45) is 8.38. The van der Waals surface area contributed by atoms with Crippen LogP contribution in [0.2, 0.25) is 0 Å². The highest BCUT2D eigenvalue weighted by molar-refractivity contribution is 5.90. The fourth-order valence-electron chi connectivity index (χ4n) is 4.12. The number of rotatable bonds is 6. The van der Waals surface area contributed by atoms with Gasteiger partial charge in [-0.05, 0) is 68.0 Å². The number of anilines is 1. The van der Waals surface area contributed by atoms with Crippen LogP contribution in [0.5, 0.6) is 0 Å². The van der Waals surface area contributed by atoms with Gasteiger partial charge in [0.05, 0.1) is 5.52 Å². The Labute approximate surface area is 171 Å². The van der Waals surface area contributed by atoms with Crippen LogP contribution in [0.3, 0.4) is 0 Å². The molecule has 0 radical (unpaired) electrons. The summed E-state index contributed by atoms with van der Waals surface area (Å²) in [5, 5.41) is 4.55. The van der Waals surface area contributed by atoms with E-state index in [0.29, 0.717) is 23.2 Å². The standard InChI is InChI=1S/C24H27FN4/c25-21-10-3-1-8-19(21)12-13-23-28-22-11-4-2-9-20(22)24(29-23)27-16-18-7-5-6-17(14-18)15-26/h1-4,8-13,17-18H,5-7,14-16,26H2,(H,27,28,29). The predicted octanol–water partition coefficient (Wildman–Crippen LogP) is 5.12. The fraction of sp³-hybridized carbons (Fsp3) is 0.333. The average molecular weight is 391 g/mol. The lowest BCUT2D eigenvalue weighted by molar-refractivity contribution is 0.281. The van der Waals surface area contributed by atoms with Gasteiger partial charge in [-0.25, -0.2) is 14.4 Å². The number of nitrogens with one attached hydrogen (secondary N) is 1. The van der Waals surface area contributed by atoms with E-state index in [1.165, 1.54) is 31.7 Å². The van der Waals surface area contributed by atoms with Crippen molar-refractivity contribution in [2.45, 2.75) is 25.7 Å². The summed E-state index contributed by atoms with van der Waals surface area (Å²) >= 11 is 0. The van der Waals surface area contributed by atoms with Gasteiger partial charge >= 0.3 is 0 Å². The molecule has 0 saturated heterocycles. The van der Waals surface area contributed by atoms with Gasteiger partial charge < -0.3 is 11.1 Å². The maximum absolute atomic E-state index is 13.9. The molecule has 1 aliphatic rings. The average Bonchev–Trinajstić information content (AvgIpc) is 2.77. The predicted molar refractivity (Wildman–Crippen MR) is 118 cm³/mol. The summed E-state index contributed by atoms with van der Waals surface area (Å²) in [5.41, 5.74) is 7.28. The lowest BCUT2D eigenvalue weighted by Crippen LogP contribution is -2.26. The Kier molecular flexibility index (Phi) is 6.15. The molecule has 2 unspecified atom stereocenters. The van der Waals surface area contributed by atoms with Crippen molar-refractivity contribution in [1.29, 1.82) is 0 Å². The molecular weight excluding hydrogens is 363 g/mol. The highest BCUT2D eigenvalue weighted by Crippen LogP contribution is 2.29. The molecule has 3 N–H and O–H groups in total. The Hall–Kier alpha value is -2.79. The molecule has 0 bridgehead atoms. The number of benzene rings is 2. The molecule has 4 rings (SSSR count). The van der Waals surface area contributed by atoms with E-state index in [0.717, 1.165) is 29.8 Å². The molecule has 1 saturated carbocycles. The van der Waals surface area contributed by atoms with Crippen molar-refractivity contribution in [1.82, 2.24) is 9.97 Å². The minimum atomic E-state index is -0.255. The summed E-state index contributed by atoms with van der Waals surface area (Å²) in [6.45, 7) is 1.66. The topological polar surface area (TPSA) is 63.8 Å². The fourth-order valence-corrected chi connectivity index (χ4v) is 4.12. The van der Waals surface area contributed by atoms with Crippen LogP contribution in [0, 0.1) is 17.7 Å². The third-order valence-corrected chi connectivity index (χ3v) is 5.72. The van der Waals surface area contributed by atoms with E-state index in [1.807, 2.05) is 30.3 Å².